The summed E-state index contributed by atoms with van der Waals surface area (Å²) in [7, 11) is 0. The summed E-state index contributed by atoms with van der Waals surface area (Å²) in [6.45, 7) is 1.67. The zero-order valence-corrected chi connectivity index (χ0v) is 5.77. The van der Waals surface area contributed by atoms with Crippen molar-refractivity contribution in [1.29, 1.82) is 0 Å². The van der Waals surface area contributed by atoms with Crippen LogP contribution in [-0.4, -0.2) is 4.98 Å². The van der Waals surface area contributed by atoms with Crippen LogP contribution >= 0.6 is 0 Å². The van der Waals surface area contributed by atoms with E-state index in [1.54, 1.807) is 6.92 Å². The third kappa shape index (κ3) is 1.72. The molecule has 0 saturated carbocycles. The molecule has 0 N–H and O–H groups in total. The fourth-order valence-corrected chi connectivity index (χ4v) is 0.603. The molecule has 62 valence electrons. The molecule has 0 spiro atoms. The van der Waals surface area contributed by atoms with Gasteiger partial charge in [-0.15, -0.1) is 0 Å². The number of rotatable bonds is 1. The lowest BCUT2D eigenvalue weighted by atomic mass is 10.4. The number of halogens is 3. The molecule has 5 heteroatoms. The minimum Gasteiger partial charge on any atom is -0.448 e. The normalized spacial score (nSPS) is 12.0. The van der Waals surface area contributed by atoms with Crippen LogP contribution in [0.3, 0.4) is 0 Å². The van der Waals surface area contributed by atoms with Gasteiger partial charge >= 0.3 is 6.18 Å². The predicted octanol–water partition coefficient (Wildman–Crippen LogP) is 2.26. The lowest BCUT2D eigenvalue weighted by Gasteiger charge is -1.97. The van der Waals surface area contributed by atoms with Gasteiger partial charge in [-0.3, -0.25) is 0 Å². The molecule has 1 rings (SSSR count). The average Bonchev–Trinajstić information content (AvgIpc) is 2.32. The summed E-state index contributed by atoms with van der Waals surface area (Å²) in [5.41, 5.74) is -0.964. The summed E-state index contributed by atoms with van der Waals surface area (Å²) in [4.78, 5) is 3.21. The quantitative estimate of drug-likeness (QED) is 0.637. The van der Waals surface area contributed by atoms with Crippen LogP contribution in [0.15, 0.2) is 10.7 Å². The van der Waals surface area contributed by atoms with Gasteiger partial charge < -0.3 is 4.42 Å². The molecule has 0 aliphatic rings. The van der Waals surface area contributed by atoms with Gasteiger partial charge in [0.15, 0.2) is 11.6 Å². The van der Waals surface area contributed by atoms with E-state index in [0.29, 0.717) is 12.7 Å². The molecule has 2 nitrogen and oxygen atoms in total. The van der Waals surface area contributed by atoms with Gasteiger partial charge in [0.2, 0.25) is 0 Å². The van der Waals surface area contributed by atoms with Crippen molar-refractivity contribution in [2.45, 2.75) is 19.5 Å². The van der Waals surface area contributed by atoms with Crippen molar-refractivity contribution < 1.29 is 17.6 Å². The number of alkyl halides is 3. The molecular formula is C6H6F3NO. The van der Waals surface area contributed by atoms with Crippen LogP contribution < -0.4 is 0 Å². The van der Waals surface area contributed by atoms with E-state index < -0.39 is 11.9 Å². The smallest absolute Gasteiger partial charge is 0.436 e. The highest BCUT2D eigenvalue weighted by Gasteiger charge is 2.34. The minimum absolute atomic E-state index is 0.109. The molecule has 0 atom stereocenters. The molecule has 0 amide bonds. The summed E-state index contributed by atoms with van der Waals surface area (Å²) in [5, 5.41) is 0. The molecule has 0 aliphatic carbocycles. The Kier molecular flexibility index (Phi) is 1.89. The number of oxazole rings is 1. The van der Waals surface area contributed by atoms with E-state index in [4.69, 9.17) is 0 Å². The van der Waals surface area contributed by atoms with Gasteiger partial charge in [-0.05, 0) is 0 Å². The zero-order valence-electron chi connectivity index (χ0n) is 5.77. The van der Waals surface area contributed by atoms with Crippen molar-refractivity contribution in [3.05, 3.63) is 17.8 Å². The highest BCUT2D eigenvalue weighted by atomic mass is 19.4. The molecule has 1 aromatic rings. The Morgan fingerprint density at radius 3 is 2.45 bits per heavy atom. The Morgan fingerprint density at radius 1 is 1.55 bits per heavy atom. The Hall–Kier alpha value is -1.00. The SMILES string of the molecule is CCc1nc(C(F)(F)F)co1. The first-order valence-corrected chi connectivity index (χ1v) is 3.05. The third-order valence-corrected chi connectivity index (χ3v) is 1.14. The topological polar surface area (TPSA) is 26.0 Å². The number of hydrogen-bond donors (Lipinski definition) is 0. The largest absolute Gasteiger partial charge is 0.448 e. The molecule has 0 bridgehead atoms. The first-order chi connectivity index (χ1) is 5.04. The van der Waals surface area contributed by atoms with Crippen LogP contribution in [0.2, 0.25) is 0 Å². The van der Waals surface area contributed by atoms with Crippen molar-refractivity contribution in [1.82, 2.24) is 4.98 Å². The van der Waals surface area contributed by atoms with E-state index >= 15 is 0 Å². The fourth-order valence-electron chi connectivity index (χ4n) is 0.603. The standard InChI is InChI=1S/C6H6F3NO/c1-2-5-10-4(3-11-5)6(7,8)9/h3H,2H2,1H3. The summed E-state index contributed by atoms with van der Waals surface area (Å²) in [6, 6.07) is 0. The number of hydrogen-bond acceptors (Lipinski definition) is 2. The van der Waals surface area contributed by atoms with E-state index in [2.05, 4.69) is 9.40 Å². The maximum absolute atomic E-state index is 11.8. The van der Waals surface area contributed by atoms with Crippen LogP contribution in [-0.2, 0) is 12.6 Å². The van der Waals surface area contributed by atoms with Gasteiger partial charge in [0.25, 0.3) is 0 Å². The zero-order chi connectivity index (χ0) is 8.48. The fraction of sp³-hybridized carbons (Fsp3) is 0.500. The molecule has 0 aromatic carbocycles. The lowest BCUT2D eigenvalue weighted by Crippen LogP contribution is -2.05. The molecule has 0 saturated heterocycles. The second-order valence-electron chi connectivity index (χ2n) is 1.98. The maximum atomic E-state index is 11.8. The molecule has 1 heterocycles. The lowest BCUT2D eigenvalue weighted by molar-refractivity contribution is -0.141. The van der Waals surface area contributed by atoms with Gasteiger partial charge in [0.05, 0.1) is 0 Å². The summed E-state index contributed by atoms with van der Waals surface area (Å²) >= 11 is 0. The van der Waals surface area contributed by atoms with Crippen LogP contribution in [0.4, 0.5) is 13.2 Å². The van der Waals surface area contributed by atoms with E-state index in [1.807, 2.05) is 0 Å². The van der Waals surface area contributed by atoms with E-state index in [-0.39, 0.29) is 5.89 Å². The highest BCUT2D eigenvalue weighted by Crippen LogP contribution is 2.28. The molecule has 1 aromatic heterocycles. The van der Waals surface area contributed by atoms with Crippen LogP contribution in [0.25, 0.3) is 0 Å². The van der Waals surface area contributed by atoms with Gasteiger partial charge in [-0.1, -0.05) is 6.92 Å². The molecule has 0 aliphatic heterocycles. The Balaban J connectivity index is 2.89. The highest BCUT2D eigenvalue weighted by molar-refractivity contribution is 5.00. The maximum Gasteiger partial charge on any atom is 0.436 e. The van der Waals surface area contributed by atoms with Crippen LogP contribution in [0.1, 0.15) is 18.5 Å². The summed E-state index contributed by atoms with van der Waals surface area (Å²) in [6.07, 6.45) is -3.40. The van der Waals surface area contributed by atoms with Crippen molar-refractivity contribution in [3.63, 3.8) is 0 Å². The molecule has 0 radical (unpaired) electrons. The molecule has 0 fully saturated rings. The van der Waals surface area contributed by atoms with Crippen molar-refractivity contribution >= 4 is 0 Å². The number of nitrogens with zero attached hydrogens (tertiary/aromatic N) is 1. The molecular weight excluding hydrogens is 159 g/mol. The number of aromatic nitrogens is 1. The predicted molar refractivity (Wildman–Crippen MR) is 30.9 cm³/mol. The van der Waals surface area contributed by atoms with Crippen molar-refractivity contribution in [3.8, 4) is 0 Å². The van der Waals surface area contributed by atoms with Gasteiger partial charge in [0, 0.05) is 6.42 Å². The van der Waals surface area contributed by atoms with Crippen molar-refractivity contribution in [2.24, 2.45) is 0 Å². The van der Waals surface area contributed by atoms with E-state index in [0.717, 1.165) is 0 Å². The van der Waals surface area contributed by atoms with E-state index in [9.17, 15) is 13.2 Å². The Bertz CT molecular complexity index is 240. The second-order valence-corrected chi connectivity index (χ2v) is 1.98. The Morgan fingerprint density at radius 2 is 2.18 bits per heavy atom. The monoisotopic (exact) mass is 165 g/mol. The van der Waals surface area contributed by atoms with Crippen molar-refractivity contribution in [2.75, 3.05) is 0 Å². The van der Waals surface area contributed by atoms with Gasteiger partial charge in [-0.25, -0.2) is 4.98 Å². The van der Waals surface area contributed by atoms with E-state index in [1.165, 1.54) is 0 Å². The van der Waals surface area contributed by atoms with Gasteiger partial charge in [0.1, 0.15) is 6.26 Å². The summed E-state index contributed by atoms with van der Waals surface area (Å²) < 4.78 is 40.0. The Labute approximate surface area is 61.0 Å². The minimum atomic E-state index is -4.39. The third-order valence-electron chi connectivity index (χ3n) is 1.14. The summed E-state index contributed by atoms with van der Waals surface area (Å²) in [5.74, 6) is 0.109. The number of aryl methyl sites for hydroxylation is 1. The molecule has 11 heavy (non-hydrogen) atoms. The van der Waals surface area contributed by atoms with Crippen LogP contribution in [0.5, 0.6) is 0 Å². The average molecular weight is 165 g/mol. The first kappa shape index (κ1) is 8.10. The van der Waals surface area contributed by atoms with Gasteiger partial charge in [-0.2, -0.15) is 13.2 Å². The second kappa shape index (κ2) is 2.56. The first-order valence-electron chi connectivity index (χ1n) is 3.05. The van der Waals surface area contributed by atoms with Crippen LogP contribution in [0, 0.1) is 0 Å². The molecule has 0 unspecified atom stereocenters.